The summed E-state index contributed by atoms with van der Waals surface area (Å²) < 4.78 is 25.5. The van der Waals surface area contributed by atoms with Crippen LogP contribution >= 0.6 is 11.8 Å². The lowest BCUT2D eigenvalue weighted by Crippen LogP contribution is -2.21. The van der Waals surface area contributed by atoms with E-state index in [1.165, 1.54) is 37.1 Å². The average molecular weight is 326 g/mol. The zero-order valence-corrected chi connectivity index (χ0v) is 12.9. The molecule has 0 radical (unpaired) electrons. The smallest absolute Gasteiger partial charge is 0.281 e. The maximum Gasteiger partial charge on any atom is 0.281 e. The highest BCUT2D eigenvalue weighted by Crippen LogP contribution is 2.14. The van der Waals surface area contributed by atoms with Crippen LogP contribution < -0.4 is 10.0 Å². The van der Waals surface area contributed by atoms with Crippen LogP contribution in [0.3, 0.4) is 0 Å². The number of carbonyl (C=O) groups is 1. The van der Waals surface area contributed by atoms with E-state index in [0.29, 0.717) is 0 Å². The van der Waals surface area contributed by atoms with Crippen molar-refractivity contribution >= 4 is 38.4 Å². The van der Waals surface area contributed by atoms with Crippen molar-refractivity contribution in [3.63, 3.8) is 0 Å². The number of aromatic nitrogens is 1. The lowest BCUT2D eigenvalue weighted by Gasteiger charge is -2.07. The fourth-order valence-corrected chi connectivity index (χ4v) is 2.41. The number of nitrogens with one attached hydrogen (secondary N) is 2. The molecule has 0 fully saturated rings. The van der Waals surface area contributed by atoms with E-state index in [0.717, 1.165) is 11.8 Å². The fraction of sp³-hybridized carbons (Fsp3) is 0.0833. The van der Waals surface area contributed by atoms with Crippen molar-refractivity contribution in [3.05, 3.63) is 43.2 Å². The number of sulfonamides is 1. The number of anilines is 1. The van der Waals surface area contributed by atoms with Crippen molar-refractivity contribution in [3.8, 4) is 0 Å². The summed E-state index contributed by atoms with van der Waals surface area (Å²) in [4.78, 5) is 19.5. The molecule has 21 heavy (non-hydrogen) atoms. The van der Waals surface area contributed by atoms with Crippen LogP contribution in [0.4, 0.5) is 5.69 Å². The van der Waals surface area contributed by atoms with E-state index >= 15 is 0 Å². The normalized spacial score (nSPS) is 11.8. The predicted octanol–water partition coefficient (Wildman–Crippen LogP) is 1.35. The topological polar surface area (TPSA) is 101 Å². The van der Waals surface area contributed by atoms with E-state index in [4.69, 9.17) is 0 Å². The van der Waals surface area contributed by atoms with Crippen LogP contribution in [0.15, 0.2) is 53.1 Å². The van der Waals surface area contributed by atoms with E-state index in [1.54, 1.807) is 0 Å². The molecule has 1 aromatic rings. The molecular formula is C12H14N4O3S2. The molecule has 0 saturated heterocycles. The van der Waals surface area contributed by atoms with Gasteiger partial charge < -0.3 is 5.32 Å². The zero-order chi connectivity index (χ0) is 15.9. The van der Waals surface area contributed by atoms with Gasteiger partial charge in [-0.3, -0.25) is 9.78 Å². The Bertz CT molecular complexity index is 683. The van der Waals surface area contributed by atoms with Gasteiger partial charge >= 0.3 is 0 Å². The van der Waals surface area contributed by atoms with Gasteiger partial charge in [0.1, 0.15) is 4.90 Å². The van der Waals surface area contributed by atoms with E-state index < -0.39 is 15.9 Å². The Balaban J connectivity index is 3.01. The summed E-state index contributed by atoms with van der Waals surface area (Å²) in [6.45, 7) is 6.91. The van der Waals surface area contributed by atoms with Gasteiger partial charge in [-0.2, -0.15) is 0 Å². The van der Waals surface area contributed by atoms with Crippen molar-refractivity contribution in [2.75, 3.05) is 12.4 Å². The molecule has 1 rings (SSSR count). The van der Waals surface area contributed by atoms with E-state index in [9.17, 15) is 13.2 Å². The maximum atomic E-state index is 12.0. The number of pyridine rings is 1. The number of thioether (sulfide) groups is 1. The SMILES string of the molecule is C=C/N=C(\SC=C)C(=O)Nc1cncc(S(=O)(=O)NC)c1. The Kier molecular flexibility index (Phi) is 6.28. The van der Waals surface area contributed by atoms with Crippen LogP contribution in [0.2, 0.25) is 0 Å². The number of rotatable bonds is 5. The summed E-state index contributed by atoms with van der Waals surface area (Å²) in [7, 11) is -2.34. The quantitative estimate of drug-likeness (QED) is 0.628. The van der Waals surface area contributed by atoms with Gasteiger partial charge in [-0.05, 0) is 18.5 Å². The molecule has 0 aliphatic carbocycles. The molecule has 0 aliphatic heterocycles. The second kappa shape index (κ2) is 7.72. The number of aliphatic imine (C=N–C) groups is 1. The van der Waals surface area contributed by atoms with E-state index in [-0.39, 0.29) is 15.6 Å². The highest BCUT2D eigenvalue weighted by atomic mass is 32.2. The van der Waals surface area contributed by atoms with Crippen LogP contribution in [0, 0.1) is 0 Å². The van der Waals surface area contributed by atoms with Gasteiger partial charge in [0.05, 0.1) is 11.9 Å². The first-order valence-electron chi connectivity index (χ1n) is 5.60. The van der Waals surface area contributed by atoms with Crippen molar-refractivity contribution in [2.45, 2.75) is 4.90 Å². The van der Waals surface area contributed by atoms with E-state index in [1.807, 2.05) is 0 Å². The third-order valence-corrected chi connectivity index (χ3v) is 4.21. The molecule has 1 amide bonds. The van der Waals surface area contributed by atoms with E-state index in [2.05, 4.69) is 33.2 Å². The summed E-state index contributed by atoms with van der Waals surface area (Å²) in [5.74, 6) is -0.513. The van der Waals surface area contributed by atoms with Crippen LogP contribution in [-0.4, -0.2) is 31.4 Å². The second-order valence-electron chi connectivity index (χ2n) is 3.47. The molecular weight excluding hydrogens is 312 g/mol. The van der Waals surface area contributed by atoms with Gasteiger partial charge in [0.15, 0.2) is 5.04 Å². The van der Waals surface area contributed by atoms with Gasteiger partial charge in [-0.25, -0.2) is 18.1 Å². The highest BCUT2D eigenvalue weighted by Gasteiger charge is 2.15. The molecule has 1 aromatic heterocycles. The summed E-state index contributed by atoms with van der Waals surface area (Å²) >= 11 is 1.02. The molecule has 112 valence electrons. The van der Waals surface area contributed by atoms with Gasteiger partial charge in [-0.1, -0.05) is 24.9 Å². The Morgan fingerprint density at radius 3 is 2.71 bits per heavy atom. The molecule has 0 aliphatic rings. The standard InChI is InChI=1S/C12H14N4O3S2/c1-4-15-12(20-5-2)11(17)16-9-6-10(8-14-7-9)21(18,19)13-3/h4-8,13H,1-2H2,3H3,(H,16,17)/b15-12-. The van der Waals surface area contributed by atoms with Crippen molar-refractivity contribution < 1.29 is 13.2 Å². The van der Waals surface area contributed by atoms with Crippen molar-refractivity contribution in [1.29, 1.82) is 0 Å². The summed E-state index contributed by atoms with van der Waals surface area (Å²) in [5, 5.41) is 4.08. The van der Waals surface area contributed by atoms with Gasteiger partial charge in [0, 0.05) is 12.4 Å². The first-order chi connectivity index (χ1) is 9.94. The molecule has 0 atom stereocenters. The van der Waals surface area contributed by atoms with Crippen LogP contribution in [0.25, 0.3) is 0 Å². The molecule has 1 heterocycles. The third-order valence-electron chi connectivity index (χ3n) is 2.15. The summed E-state index contributed by atoms with van der Waals surface area (Å²) in [6, 6.07) is 1.29. The summed E-state index contributed by atoms with van der Waals surface area (Å²) in [6.07, 6.45) is 3.74. The first kappa shape index (κ1) is 17.1. The largest absolute Gasteiger partial charge is 0.319 e. The molecule has 2 N–H and O–H groups in total. The zero-order valence-electron chi connectivity index (χ0n) is 11.2. The molecule has 0 aromatic carbocycles. The average Bonchev–Trinajstić information content (AvgIpc) is 2.47. The first-order valence-corrected chi connectivity index (χ1v) is 7.97. The minimum atomic E-state index is -3.63. The highest BCUT2D eigenvalue weighted by molar-refractivity contribution is 8.18. The number of hydrogen-bond acceptors (Lipinski definition) is 6. The minimum absolute atomic E-state index is 0.0543. The number of carbonyl (C=O) groups excluding carboxylic acids is 1. The van der Waals surface area contributed by atoms with Gasteiger partial charge in [-0.15, -0.1) is 0 Å². The minimum Gasteiger partial charge on any atom is -0.319 e. The van der Waals surface area contributed by atoms with Gasteiger partial charge in [0.25, 0.3) is 5.91 Å². The van der Waals surface area contributed by atoms with Crippen LogP contribution in [0.5, 0.6) is 0 Å². The molecule has 0 bridgehead atoms. The Morgan fingerprint density at radius 2 is 2.14 bits per heavy atom. The molecule has 9 heteroatoms. The fourth-order valence-electron chi connectivity index (χ4n) is 1.24. The number of amides is 1. The van der Waals surface area contributed by atoms with Crippen LogP contribution in [0.1, 0.15) is 0 Å². The lowest BCUT2D eigenvalue weighted by atomic mass is 10.4. The number of hydrogen-bond donors (Lipinski definition) is 2. The predicted molar refractivity (Wildman–Crippen MR) is 84.5 cm³/mol. The Hall–Kier alpha value is -1.97. The molecule has 0 unspecified atom stereocenters. The lowest BCUT2D eigenvalue weighted by molar-refractivity contribution is -0.110. The Morgan fingerprint density at radius 1 is 1.43 bits per heavy atom. The molecule has 0 spiro atoms. The maximum absolute atomic E-state index is 12.0. The number of nitrogens with zero attached hydrogens (tertiary/aromatic N) is 2. The molecule has 7 nitrogen and oxygen atoms in total. The Labute approximate surface area is 127 Å². The van der Waals surface area contributed by atoms with Gasteiger partial charge in [0.2, 0.25) is 10.0 Å². The van der Waals surface area contributed by atoms with Crippen molar-refractivity contribution in [1.82, 2.24) is 9.71 Å². The summed E-state index contributed by atoms with van der Waals surface area (Å²) in [5.41, 5.74) is 0.234. The second-order valence-corrected chi connectivity index (χ2v) is 6.31. The monoisotopic (exact) mass is 326 g/mol. The third kappa shape index (κ3) is 4.81. The van der Waals surface area contributed by atoms with Crippen LogP contribution in [-0.2, 0) is 14.8 Å². The van der Waals surface area contributed by atoms with Crippen molar-refractivity contribution in [2.24, 2.45) is 4.99 Å². The molecule has 0 saturated carbocycles.